The molecule has 0 bridgehead atoms. The van der Waals surface area contributed by atoms with Crippen LogP contribution in [0.2, 0.25) is 0 Å². The first kappa shape index (κ1) is 19.1. The highest BCUT2D eigenvalue weighted by molar-refractivity contribution is 7.78. The van der Waals surface area contributed by atoms with E-state index < -0.39 is 0 Å². The molecule has 0 radical (unpaired) electrons. The monoisotopic (exact) mass is 234 g/mol. The van der Waals surface area contributed by atoms with Gasteiger partial charge in [-0.15, -0.1) is 0 Å². The maximum Gasteiger partial charge on any atom is 0.126 e. The van der Waals surface area contributed by atoms with E-state index in [9.17, 15) is 0 Å². The topological polar surface area (TPSA) is 53.5 Å². The Morgan fingerprint density at radius 2 is 1.00 bits per heavy atom. The zero-order valence-corrected chi connectivity index (χ0v) is 10.8. The summed E-state index contributed by atoms with van der Waals surface area (Å²) >= 11 is 7.40. The normalized spacial score (nSPS) is 7.57. The highest BCUT2D eigenvalue weighted by Crippen LogP contribution is 1.32. The largest absolute Gasteiger partial charge is 0.753 e. The lowest BCUT2D eigenvalue weighted by atomic mass is 10.5. The van der Waals surface area contributed by atoms with Crippen molar-refractivity contribution in [2.45, 2.75) is 0 Å². The van der Waals surface area contributed by atoms with Gasteiger partial charge in [0.05, 0.1) is 28.2 Å². The number of quaternary nitrogens is 2. The van der Waals surface area contributed by atoms with Gasteiger partial charge in [-0.2, -0.15) is 10.3 Å². The van der Waals surface area contributed by atoms with E-state index in [-0.39, 0.29) is 0 Å². The van der Waals surface area contributed by atoms with Crippen LogP contribution < -0.4 is 9.80 Å². The summed E-state index contributed by atoms with van der Waals surface area (Å²) in [7, 11) is 8.73. The number of likely N-dealkylation sites (N-methyl/N-ethyl adjacent to an activating group) is 2. The van der Waals surface area contributed by atoms with E-state index in [0.717, 1.165) is 0 Å². The van der Waals surface area contributed by atoms with Crippen molar-refractivity contribution in [3.05, 3.63) is 10.8 Å². The van der Waals surface area contributed by atoms with Crippen LogP contribution in [0.5, 0.6) is 0 Å². The van der Waals surface area contributed by atoms with Crippen molar-refractivity contribution < 1.29 is 9.80 Å². The molecule has 4 nitrogen and oxygen atoms in total. The lowest BCUT2D eigenvalue weighted by molar-refractivity contribution is -0.918. The van der Waals surface area contributed by atoms with Crippen LogP contribution >= 0.6 is 24.4 Å². The van der Waals surface area contributed by atoms with E-state index in [2.05, 4.69) is 52.6 Å². The van der Waals surface area contributed by atoms with Crippen LogP contribution in [0.25, 0.3) is 10.8 Å². The molecule has 0 unspecified atom stereocenters. The first-order valence-electron chi connectivity index (χ1n) is 4.06. The van der Waals surface area contributed by atoms with Crippen LogP contribution in [0.15, 0.2) is 0 Å². The zero-order chi connectivity index (χ0) is 12.0. The van der Waals surface area contributed by atoms with Crippen molar-refractivity contribution in [2.24, 2.45) is 0 Å². The second-order valence-corrected chi connectivity index (χ2v) is 3.46. The molecule has 0 aliphatic carbocycles. The molecule has 0 aliphatic rings. The van der Waals surface area contributed by atoms with Crippen LogP contribution in [0.3, 0.4) is 0 Å². The van der Waals surface area contributed by atoms with E-state index in [1.54, 1.807) is 0 Å². The standard InChI is InChI=1S/C6H16N2.2CNS/c1-7(2)5-6-8(3)4;2*2-1-3/h5-6H2,1-4H3;;/q;2*-1/p+2. The molecule has 0 aromatic carbocycles. The van der Waals surface area contributed by atoms with Gasteiger partial charge in [-0.3, -0.25) is 0 Å². The molecule has 0 atom stereocenters. The number of hydrogen-bond donors (Lipinski definition) is 2. The number of nitrogens with one attached hydrogen (secondary N) is 2. The van der Waals surface area contributed by atoms with Gasteiger partial charge in [0.25, 0.3) is 0 Å². The van der Waals surface area contributed by atoms with Crippen LogP contribution in [0, 0.1) is 0 Å². The fraction of sp³-hybridized carbons (Fsp3) is 0.750. The molecule has 0 heterocycles. The molecule has 0 aromatic heterocycles. The summed E-state index contributed by atoms with van der Waals surface area (Å²) in [5, 5.41) is 16.9. The average Bonchev–Trinajstić information content (AvgIpc) is 2.04. The first-order chi connectivity index (χ1) is 6.45. The van der Waals surface area contributed by atoms with Crippen molar-refractivity contribution in [1.82, 2.24) is 0 Å². The third kappa shape index (κ3) is 62.4. The van der Waals surface area contributed by atoms with Crippen LogP contribution in [0.1, 0.15) is 0 Å². The van der Waals surface area contributed by atoms with Crippen molar-refractivity contribution in [1.29, 1.82) is 0 Å². The molecule has 0 aliphatic heterocycles. The van der Waals surface area contributed by atoms with E-state index in [4.69, 9.17) is 10.8 Å². The molecule has 0 saturated carbocycles. The van der Waals surface area contributed by atoms with E-state index in [1.807, 2.05) is 0 Å². The molecule has 0 spiro atoms. The summed E-state index contributed by atoms with van der Waals surface area (Å²) in [6.45, 7) is 2.53. The van der Waals surface area contributed by atoms with Crippen molar-refractivity contribution >= 4 is 34.8 Å². The molecule has 2 N–H and O–H groups in total. The summed E-state index contributed by atoms with van der Waals surface area (Å²) in [5.41, 5.74) is 0. The minimum absolute atomic E-state index is 1.27. The summed E-state index contributed by atoms with van der Waals surface area (Å²) in [6.07, 6.45) is 0. The highest BCUT2D eigenvalue weighted by atomic mass is 32.1. The molecule has 0 saturated heterocycles. The van der Waals surface area contributed by atoms with Gasteiger partial charge in [-0.25, -0.2) is 0 Å². The minimum atomic E-state index is 1.27. The quantitative estimate of drug-likeness (QED) is 0.466. The summed E-state index contributed by atoms with van der Waals surface area (Å²) in [6, 6.07) is 0. The number of hydrogen-bond acceptors (Lipinski definition) is 2. The second kappa shape index (κ2) is 18.3. The Kier molecular flexibility index (Phi) is 25.1. The third-order valence-corrected chi connectivity index (χ3v) is 1.12. The van der Waals surface area contributed by atoms with Gasteiger partial charge in [0, 0.05) is 0 Å². The lowest BCUT2D eigenvalue weighted by Crippen LogP contribution is -3.14. The fourth-order valence-electron chi connectivity index (χ4n) is 0.500. The summed E-state index contributed by atoms with van der Waals surface area (Å²) in [5.74, 6) is 0. The molecular weight excluding hydrogens is 216 g/mol. The molecule has 0 rings (SSSR count). The Hall–Kier alpha value is -0.480. The van der Waals surface area contributed by atoms with Crippen molar-refractivity contribution in [3.8, 4) is 0 Å². The Morgan fingerprint density at radius 3 is 1.07 bits per heavy atom. The molecule has 0 aromatic rings. The first-order valence-corrected chi connectivity index (χ1v) is 4.88. The van der Waals surface area contributed by atoms with Gasteiger partial charge in [0.15, 0.2) is 0 Å². The summed E-state index contributed by atoms with van der Waals surface area (Å²) < 4.78 is 0. The van der Waals surface area contributed by atoms with E-state index in [0.29, 0.717) is 0 Å². The van der Waals surface area contributed by atoms with E-state index >= 15 is 0 Å². The van der Waals surface area contributed by atoms with Gasteiger partial charge in [-0.05, 0) is 0 Å². The Labute approximate surface area is 96.9 Å². The Bertz CT molecular complexity index is 148. The van der Waals surface area contributed by atoms with Gasteiger partial charge >= 0.3 is 0 Å². The van der Waals surface area contributed by atoms with Gasteiger partial charge in [-0.1, -0.05) is 24.4 Å². The third-order valence-electron chi connectivity index (χ3n) is 1.12. The number of rotatable bonds is 3. The molecular formula is C8H18N4S2. The molecule has 82 valence electrons. The van der Waals surface area contributed by atoms with E-state index in [1.165, 1.54) is 33.2 Å². The average molecular weight is 234 g/mol. The van der Waals surface area contributed by atoms with Gasteiger partial charge in [0.1, 0.15) is 13.1 Å². The summed E-state index contributed by atoms with van der Waals surface area (Å²) in [4.78, 5) is 3.07. The van der Waals surface area contributed by atoms with Gasteiger partial charge in [0.2, 0.25) is 0 Å². The maximum absolute atomic E-state index is 7.13. The predicted octanol–water partition coefficient (Wildman–Crippen LogP) is -1.41. The van der Waals surface area contributed by atoms with Gasteiger partial charge < -0.3 is 20.6 Å². The van der Waals surface area contributed by atoms with Crippen molar-refractivity contribution in [2.75, 3.05) is 41.3 Å². The van der Waals surface area contributed by atoms with Crippen LogP contribution in [-0.2, 0) is 0 Å². The number of nitrogens with zero attached hydrogens (tertiary/aromatic N) is 2. The highest BCUT2D eigenvalue weighted by Gasteiger charge is 1.95. The fourth-order valence-corrected chi connectivity index (χ4v) is 0.500. The number of isothiocyanates is 2. The molecule has 14 heavy (non-hydrogen) atoms. The minimum Gasteiger partial charge on any atom is -0.753 e. The lowest BCUT2D eigenvalue weighted by Gasteiger charge is -2.09. The predicted molar refractivity (Wildman–Crippen MR) is 67.3 cm³/mol. The smallest absolute Gasteiger partial charge is 0.126 e. The second-order valence-electron chi connectivity index (χ2n) is 3.10. The van der Waals surface area contributed by atoms with Crippen molar-refractivity contribution in [3.63, 3.8) is 0 Å². The molecule has 6 heteroatoms. The zero-order valence-electron chi connectivity index (χ0n) is 9.13. The van der Waals surface area contributed by atoms with Crippen LogP contribution in [-0.4, -0.2) is 51.6 Å². The number of thiocarbonyl (C=S) groups is 2. The SMILES string of the molecule is C[NH+](C)CC[NH+](C)C.[N-]=C=S.[N-]=C=S. The molecule has 0 amide bonds. The Balaban J connectivity index is -0.000000168. The van der Waals surface area contributed by atoms with Crippen LogP contribution in [0.4, 0.5) is 0 Å². The Morgan fingerprint density at radius 1 is 0.857 bits per heavy atom. The maximum atomic E-state index is 7.13. The molecule has 0 fully saturated rings.